The highest BCUT2D eigenvalue weighted by Crippen LogP contribution is 2.53. The van der Waals surface area contributed by atoms with Crippen LogP contribution in [0, 0.1) is 11.3 Å². The van der Waals surface area contributed by atoms with Gasteiger partial charge < -0.3 is 17.2 Å². The molecule has 0 heterocycles. The van der Waals surface area contributed by atoms with Crippen LogP contribution < -0.4 is 17.2 Å². The number of nitrogens with two attached hydrogens (primary N) is 3. The molecule has 5 heteroatoms. The molecular formula is C9H19N5. The van der Waals surface area contributed by atoms with Gasteiger partial charge in [-0.3, -0.25) is 0 Å². The molecule has 0 radical (unpaired) electrons. The fourth-order valence-electron chi connectivity index (χ4n) is 1.49. The number of hydrogen-bond donors (Lipinski definition) is 3. The third-order valence-corrected chi connectivity index (χ3v) is 3.08. The SMILES string of the molecule is CC(C)C1(C)CC1N=C(N)N=C(N)N. The van der Waals surface area contributed by atoms with Crippen LogP contribution in [0.2, 0.25) is 0 Å². The molecule has 1 aliphatic rings. The van der Waals surface area contributed by atoms with Crippen LogP contribution in [0.5, 0.6) is 0 Å². The van der Waals surface area contributed by atoms with Crippen LogP contribution in [0.15, 0.2) is 9.98 Å². The highest BCUT2D eigenvalue weighted by molar-refractivity contribution is 5.92. The van der Waals surface area contributed by atoms with Gasteiger partial charge in [0, 0.05) is 0 Å². The Hall–Kier alpha value is -1.26. The minimum atomic E-state index is -0.0434. The highest BCUT2D eigenvalue weighted by atomic mass is 15.1. The van der Waals surface area contributed by atoms with Gasteiger partial charge in [0.25, 0.3) is 0 Å². The van der Waals surface area contributed by atoms with Gasteiger partial charge >= 0.3 is 0 Å². The minimum Gasteiger partial charge on any atom is -0.370 e. The smallest absolute Gasteiger partial charge is 0.218 e. The summed E-state index contributed by atoms with van der Waals surface area (Å²) in [4.78, 5) is 7.93. The van der Waals surface area contributed by atoms with E-state index in [2.05, 4.69) is 30.8 Å². The second-order valence-electron chi connectivity index (χ2n) is 4.40. The predicted octanol–water partition coefficient (Wildman–Crippen LogP) is 0.00910. The zero-order chi connectivity index (χ0) is 10.9. The van der Waals surface area contributed by atoms with Crippen LogP contribution >= 0.6 is 0 Å². The first-order valence-electron chi connectivity index (χ1n) is 4.79. The number of hydrogen-bond acceptors (Lipinski definition) is 1. The summed E-state index contributed by atoms with van der Waals surface area (Å²) in [5.41, 5.74) is 16.2. The molecule has 14 heavy (non-hydrogen) atoms. The monoisotopic (exact) mass is 197 g/mol. The lowest BCUT2D eigenvalue weighted by Gasteiger charge is -2.13. The molecule has 2 unspecified atom stereocenters. The van der Waals surface area contributed by atoms with Crippen molar-refractivity contribution in [3.8, 4) is 0 Å². The van der Waals surface area contributed by atoms with E-state index in [-0.39, 0.29) is 23.4 Å². The first-order chi connectivity index (χ1) is 6.36. The molecule has 5 nitrogen and oxygen atoms in total. The van der Waals surface area contributed by atoms with Crippen LogP contribution in [-0.4, -0.2) is 18.0 Å². The second-order valence-corrected chi connectivity index (χ2v) is 4.40. The molecule has 0 aromatic heterocycles. The van der Waals surface area contributed by atoms with E-state index in [0.29, 0.717) is 5.92 Å². The van der Waals surface area contributed by atoms with Crippen LogP contribution in [-0.2, 0) is 0 Å². The summed E-state index contributed by atoms with van der Waals surface area (Å²) in [5.74, 6) is 0.737. The lowest BCUT2D eigenvalue weighted by Crippen LogP contribution is -2.26. The maximum atomic E-state index is 5.54. The summed E-state index contributed by atoms with van der Waals surface area (Å²) >= 11 is 0. The van der Waals surface area contributed by atoms with Crippen LogP contribution in [0.3, 0.4) is 0 Å². The molecule has 80 valence electrons. The standard InChI is InChI=1S/C9H19N5/c1-5(2)9(3)4-6(9)13-8(12)14-7(10)11/h5-6H,4H2,1-3H3,(H6,10,11,12,13,14). The van der Waals surface area contributed by atoms with Gasteiger partial charge in [-0.25, -0.2) is 4.99 Å². The van der Waals surface area contributed by atoms with Gasteiger partial charge in [0.05, 0.1) is 6.04 Å². The minimum absolute atomic E-state index is 0.0434. The van der Waals surface area contributed by atoms with Crippen molar-refractivity contribution in [2.24, 2.45) is 38.5 Å². The fourth-order valence-corrected chi connectivity index (χ4v) is 1.49. The molecule has 0 aliphatic heterocycles. The molecule has 0 bridgehead atoms. The Morgan fingerprint density at radius 2 is 1.93 bits per heavy atom. The lowest BCUT2D eigenvalue weighted by molar-refractivity contribution is 0.383. The van der Waals surface area contributed by atoms with Gasteiger partial charge in [-0.2, -0.15) is 4.99 Å². The van der Waals surface area contributed by atoms with Crippen molar-refractivity contribution in [1.82, 2.24) is 0 Å². The summed E-state index contributed by atoms with van der Waals surface area (Å²) in [6, 6.07) is 0.269. The molecular weight excluding hydrogens is 178 g/mol. The molecule has 0 aromatic carbocycles. The van der Waals surface area contributed by atoms with Crippen LogP contribution in [0.25, 0.3) is 0 Å². The molecule has 0 spiro atoms. The van der Waals surface area contributed by atoms with Crippen molar-refractivity contribution in [2.45, 2.75) is 33.2 Å². The van der Waals surface area contributed by atoms with Crippen LogP contribution in [0.4, 0.5) is 0 Å². The van der Waals surface area contributed by atoms with Crippen molar-refractivity contribution >= 4 is 11.9 Å². The van der Waals surface area contributed by atoms with E-state index in [0.717, 1.165) is 6.42 Å². The number of rotatable bonds is 2. The Labute approximate surface area is 84.5 Å². The Morgan fingerprint density at radius 3 is 2.29 bits per heavy atom. The van der Waals surface area contributed by atoms with E-state index in [1.165, 1.54) is 0 Å². The van der Waals surface area contributed by atoms with E-state index in [1.54, 1.807) is 0 Å². The van der Waals surface area contributed by atoms with Crippen molar-refractivity contribution in [1.29, 1.82) is 0 Å². The Balaban J connectivity index is 2.61. The summed E-state index contributed by atoms with van der Waals surface area (Å²) < 4.78 is 0. The Kier molecular flexibility index (Phi) is 2.69. The highest BCUT2D eigenvalue weighted by Gasteiger charge is 2.52. The third kappa shape index (κ3) is 2.16. The Morgan fingerprint density at radius 1 is 1.36 bits per heavy atom. The van der Waals surface area contributed by atoms with E-state index in [9.17, 15) is 0 Å². The van der Waals surface area contributed by atoms with Crippen molar-refractivity contribution in [2.75, 3.05) is 0 Å². The number of nitrogens with zero attached hydrogens (tertiary/aromatic N) is 2. The maximum absolute atomic E-state index is 5.54. The maximum Gasteiger partial charge on any atom is 0.218 e. The van der Waals surface area contributed by atoms with E-state index < -0.39 is 0 Å². The van der Waals surface area contributed by atoms with Crippen molar-refractivity contribution in [3.05, 3.63) is 0 Å². The number of aliphatic imine (C=N–C) groups is 2. The summed E-state index contributed by atoms with van der Waals surface area (Å²) in [6.07, 6.45) is 1.06. The van der Waals surface area contributed by atoms with E-state index in [1.807, 2.05) is 0 Å². The molecule has 6 N–H and O–H groups in total. The zero-order valence-corrected chi connectivity index (χ0v) is 8.99. The van der Waals surface area contributed by atoms with Gasteiger partial charge in [-0.1, -0.05) is 20.8 Å². The first kappa shape index (κ1) is 10.8. The normalized spacial score (nSPS) is 31.7. The van der Waals surface area contributed by atoms with Gasteiger partial charge in [-0.15, -0.1) is 0 Å². The van der Waals surface area contributed by atoms with Gasteiger partial charge in [0.15, 0.2) is 5.96 Å². The first-order valence-corrected chi connectivity index (χ1v) is 4.79. The number of guanidine groups is 2. The Bertz CT molecular complexity index is 277. The molecule has 2 atom stereocenters. The molecule has 0 saturated heterocycles. The molecule has 1 fully saturated rings. The second kappa shape index (κ2) is 3.48. The molecule has 1 rings (SSSR count). The summed E-state index contributed by atoms with van der Waals surface area (Å²) in [6.45, 7) is 6.58. The van der Waals surface area contributed by atoms with Crippen molar-refractivity contribution < 1.29 is 0 Å². The molecule has 1 saturated carbocycles. The predicted molar refractivity (Wildman–Crippen MR) is 58.8 cm³/mol. The topological polar surface area (TPSA) is 103 Å². The van der Waals surface area contributed by atoms with Crippen molar-refractivity contribution in [3.63, 3.8) is 0 Å². The zero-order valence-electron chi connectivity index (χ0n) is 8.99. The quantitative estimate of drug-likeness (QED) is 0.429. The largest absolute Gasteiger partial charge is 0.370 e. The van der Waals surface area contributed by atoms with Gasteiger partial charge in [0.1, 0.15) is 0 Å². The average molecular weight is 197 g/mol. The van der Waals surface area contributed by atoms with Gasteiger partial charge in [-0.05, 0) is 17.8 Å². The molecule has 1 aliphatic carbocycles. The fraction of sp³-hybridized carbons (Fsp3) is 0.778. The van der Waals surface area contributed by atoms with Gasteiger partial charge in [0.2, 0.25) is 5.96 Å². The van der Waals surface area contributed by atoms with Crippen LogP contribution in [0.1, 0.15) is 27.2 Å². The van der Waals surface area contributed by atoms with E-state index >= 15 is 0 Å². The summed E-state index contributed by atoms with van der Waals surface area (Å²) in [7, 11) is 0. The third-order valence-electron chi connectivity index (χ3n) is 3.08. The molecule has 0 aromatic rings. The van der Waals surface area contributed by atoms with E-state index in [4.69, 9.17) is 17.2 Å². The molecule has 0 amide bonds. The summed E-state index contributed by atoms with van der Waals surface area (Å²) in [5, 5.41) is 0. The average Bonchev–Trinajstić information content (AvgIpc) is 2.60. The lowest BCUT2D eigenvalue weighted by atomic mass is 9.94.